The van der Waals surface area contributed by atoms with Crippen LogP contribution < -0.4 is 0 Å². The van der Waals surface area contributed by atoms with Gasteiger partial charge in [-0.25, -0.2) is 0 Å². The SMILES string of the molecule is CC(=O)OC1=C(C)OC(C)(C)C1=O. The number of rotatable bonds is 1. The molecule has 0 saturated carbocycles. The van der Waals surface area contributed by atoms with Crippen LogP contribution in [0.4, 0.5) is 0 Å². The monoisotopic (exact) mass is 184 g/mol. The molecule has 1 aliphatic rings. The molecule has 0 aromatic rings. The van der Waals surface area contributed by atoms with Crippen LogP contribution in [0.15, 0.2) is 11.5 Å². The molecule has 1 heterocycles. The van der Waals surface area contributed by atoms with Gasteiger partial charge < -0.3 is 9.47 Å². The molecular formula is C9H12O4. The van der Waals surface area contributed by atoms with E-state index in [2.05, 4.69) is 0 Å². The molecule has 1 rings (SSSR count). The second-order valence-corrected chi connectivity index (χ2v) is 3.42. The van der Waals surface area contributed by atoms with Crippen LogP contribution in [0.3, 0.4) is 0 Å². The second kappa shape index (κ2) is 2.87. The minimum Gasteiger partial charge on any atom is -0.480 e. The number of hydrogen-bond donors (Lipinski definition) is 0. The summed E-state index contributed by atoms with van der Waals surface area (Å²) in [5.41, 5.74) is -0.908. The lowest BCUT2D eigenvalue weighted by Crippen LogP contribution is -2.30. The van der Waals surface area contributed by atoms with Crippen LogP contribution in [0.2, 0.25) is 0 Å². The Labute approximate surface area is 76.5 Å². The van der Waals surface area contributed by atoms with Gasteiger partial charge in [-0.15, -0.1) is 0 Å². The summed E-state index contributed by atoms with van der Waals surface area (Å²) in [6.07, 6.45) is 0. The van der Waals surface area contributed by atoms with E-state index in [0.717, 1.165) is 0 Å². The number of hydrogen-bond acceptors (Lipinski definition) is 4. The number of ketones is 1. The van der Waals surface area contributed by atoms with Crippen LogP contribution in [0.5, 0.6) is 0 Å². The lowest BCUT2D eigenvalue weighted by molar-refractivity contribution is -0.141. The third-order valence-corrected chi connectivity index (χ3v) is 1.73. The molecule has 0 unspecified atom stereocenters. The first-order valence-electron chi connectivity index (χ1n) is 3.97. The Morgan fingerprint density at radius 2 is 2.00 bits per heavy atom. The maximum absolute atomic E-state index is 11.5. The highest BCUT2D eigenvalue weighted by atomic mass is 16.6. The van der Waals surface area contributed by atoms with Crippen LogP contribution in [-0.2, 0) is 19.1 Å². The van der Waals surface area contributed by atoms with Gasteiger partial charge in [0.2, 0.25) is 11.5 Å². The maximum Gasteiger partial charge on any atom is 0.308 e. The normalized spacial score (nSPS) is 20.2. The maximum atomic E-state index is 11.5. The smallest absolute Gasteiger partial charge is 0.308 e. The fourth-order valence-electron chi connectivity index (χ4n) is 1.17. The van der Waals surface area contributed by atoms with Crippen LogP contribution in [-0.4, -0.2) is 17.4 Å². The topological polar surface area (TPSA) is 52.6 Å². The van der Waals surface area contributed by atoms with E-state index < -0.39 is 11.6 Å². The molecule has 0 bridgehead atoms. The first kappa shape index (κ1) is 9.77. The fourth-order valence-corrected chi connectivity index (χ4v) is 1.17. The highest BCUT2D eigenvalue weighted by Gasteiger charge is 2.42. The van der Waals surface area contributed by atoms with Gasteiger partial charge in [-0.05, 0) is 20.8 Å². The summed E-state index contributed by atoms with van der Waals surface area (Å²) in [5, 5.41) is 0. The van der Waals surface area contributed by atoms with Crippen LogP contribution in [0.25, 0.3) is 0 Å². The van der Waals surface area contributed by atoms with E-state index in [1.807, 2.05) is 0 Å². The molecule has 1 aliphatic heterocycles. The van der Waals surface area contributed by atoms with E-state index in [4.69, 9.17) is 9.47 Å². The van der Waals surface area contributed by atoms with E-state index in [-0.39, 0.29) is 11.5 Å². The fraction of sp³-hybridized carbons (Fsp3) is 0.556. The quantitative estimate of drug-likeness (QED) is 0.574. The Balaban J connectivity index is 2.91. The summed E-state index contributed by atoms with van der Waals surface area (Å²) in [4.78, 5) is 22.2. The minimum absolute atomic E-state index is 0.0255. The average Bonchev–Trinajstić information content (AvgIpc) is 2.12. The predicted octanol–water partition coefficient (Wildman–Crippen LogP) is 1.16. The molecule has 4 heteroatoms. The molecule has 13 heavy (non-hydrogen) atoms. The Bertz CT molecular complexity index is 299. The zero-order valence-electron chi connectivity index (χ0n) is 8.13. The molecule has 4 nitrogen and oxygen atoms in total. The highest BCUT2D eigenvalue weighted by molar-refractivity contribution is 6.03. The molecule has 0 aromatic heterocycles. The van der Waals surface area contributed by atoms with Gasteiger partial charge in [0.05, 0.1) is 0 Å². The zero-order chi connectivity index (χ0) is 10.2. The average molecular weight is 184 g/mol. The molecule has 0 radical (unpaired) electrons. The molecule has 0 amide bonds. The van der Waals surface area contributed by atoms with Crippen molar-refractivity contribution in [1.82, 2.24) is 0 Å². The van der Waals surface area contributed by atoms with Crippen molar-refractivity contribution in [2.45, 2.75) is 33.3 Å². The van der Waals surface area contributed by atoms with Crippen molar-refractivity contribution in [3.63, 3.8) is 0 Å². The molecule has 0 saturated heterocycles. The summed E-state index contributed by atoms with van der Waals surface area (Å²) in [6, 6.07) is 0. The van der Waals surface area contributed by atoms with Crippen molar-refractivity contribution in [3.05, 3.63) is 11.5 Å². The molecule has 0 spiro atoms. The second-order valence-electron chi connectivity index (χ2n) is 3.42. The molecule has 72 valence electrons. The summed E-state index contributed by atoms with van der Waals surface area (Å²) in [5.74, 6) is -0.410. The van der Waals surface area contributed by atoms with Crippen molar-refractivity contribution >= 4 is 11.8 Å². The Morgan fingerprint density at radius 3 is 2.31 bits per heavy atom. The third kappa shape index (κ3) is 1.71. The molecule has 0 aromatic carbocycles. The van der Waals surface area contributed by atoms with Gasteiger partial charge in [0.15, 0.2) is 5.60 Å². The first-order chi connectivity index (χ1) is 5.84. The summed E-state index contributed by atoms with van der Waals surface area (Å²) >= 11 is 0. The van der Waals surface area contributed by atoms with E-state index in [1.54, 1.807) is 20.8 Å². The lowest BCUT2D eigenvalue weighted by Gasteiger charge is -2.15. The van der Waals surface area contributed by atoms with Gasteiger partial charge in [-0.3, -0.25) is 9.59 Å². The molecular weight excluding hydrogens is 172 g/mol. The minimum atomic E-state index is -0.908. The largest absolute Gasteiger partial charge is 0.480 e. The first-order valence-corrected chi connectivity index (χ1v) is 3.97. The van der Waals surface area contributed by atoms with Crippen molar-refractivity contribution in [3.8, 4) is 0 Å². The van der Waals surface area contributed by atoms with Gasteiger partial charge >= 0.3 is 5.97 Å². The molecule has 0 N–H and O–H groups in total. The van der Waals surface area contributed by atoms with Crippen molar-refractivity contribution in [2.24, 2.45) is 0 Å². The van der Waals surface area contributed by atoms with Crippen molar-refractivity contribution < 1.29 is 19.1 Å². The van der Waals surface area contributed by atoms with Gasteiger partial charge in [0.25, 0.3) is 0 Å². The number of carbonyl (C=O) groups excluding carboxylic acids is 2. The summed E-state index contributed by atoms with van der Waals surface area (Å²) < 4.78 is 9.96. The number of ether oxygens (including phenoxy) is 2. The zero-order valence-corrected chi connectivity index (χ0v) is 8.13. The van der Waals surface area contributed by atoms with Crippen molar-refractivity contribution in [1.29, 1.82) is 0 Å². The van der Waals surface area contributed by atoms with Crippen LogP contribution in [0, 0.1) is 0 Å². The molecule has 0 fully saturated rings. The van der Waals surface area contributed by atoms with Crippen LogP contribution in [0.1, 0.15) is 27.7 Å². The standard InChI is InChI=1S/C9H12O4/c1-5-7(12-6(2)10)8(11)9(3,4)13-5/h1-4H3. The Hall–Kier alpha value is -1.32. The summed E-state index contributed by atoms with van der Waals surface area (Å²) in [7, 11) is 0. The Morgan fingerprint density at radius 1 is 1.46 bits per heavy atom. The van der Waals surface area contributed by atoms with E-state index in [9.17, 15) is 9.59 Å². The Kier molecular flexibility index (Phi) is 2.15. The van der Waals surface area contributed by atoms with Crippen LogP contribution >= 0.6 is 0 Å². The van der Waals surface area contributed by atoms with E-state index in [1.165, 1.54) is 6.92 Å². The van der Waals surface area contributed by atoms with Gasteiger partial charge in [0.1, 0.15) is 5.76 Å². The number of carbonyl (C=O) groups is 2. The lowest BCUT2D eigenvalue weighted by atomic mass is 10.0. The van der Waals surface area contributed by atoms with Gasteiger partial charge in [0, 0.05) is 6.92 Å². The highest BCUT2D eigenvalue weighted by Crippen LogP contribution is 2.30. The van der Waals surface area contributed by atoms with Gasteiger partial charge in [-0.1, -0.05) is 0 Å². The molecule has 0 aliphatic carbocycles. The number of esters is 1. The van der Waals surface area contributed by atoms with E-state index >= 15 is 0 Å². The predicted molar refractivity (Wildman–Crippen MR) is 44.6 cm³/mol. The van der Waals surface area contributed by atoms with E-state index in [0.29, 0.717) is 5.76 Å². The number of Topliss-reactive ketones (excluding diaryl/α,β-unsaturated/α-hetero) is 1. The summed E-state index contributed by atoms with van der Waals surface area (Å²) in [6.45, 7) is 6.12. The van der Waals surface area contributed by atoms with Crippen molar-refractivity contribution in [2.75, 3.05) is 0 Å². The molecule has 0 atom stereocenters. The number of allylic oxidation sites excluding steroid dienone is 1. The third-order valence-electron chi connectivity index (χ3n) is 1.73. The van der Waals surface area contributed by atoms with Gasteiger partial charge in [-0.2, -0.15) is 0 Å².